The summed E-state index contributed by atoms with van der Waals surface area (Å²) in [5, 5.41) is 377. The summed E-state index contributed by atoms with van der Waals surface area (Å²) in [4.78, 5) is 38.5. The third kappa shape index (κ3) is 24.7. The number of carbonyl (C=O) groups excluding carboxylic acids is 3. The van der Waals surface area contributed by atoms with E-state index in [9.17, 15) is 183 Å². The first-order chi connectivity index (χ1) is 66.2. The van der Waals surface area contributed by atoms with Crippen LogP contribution in [-0.4, -0.2) is 621 Å². The molecule has 12 fully saturated rings. The minimum absolute atomic E-state index is 0.802. The van der Waals surface area contributed by atoms with Crippen molar-refractivity contribution in [3.63, 3.8) is 0 Å². The molecule has 0 aromatic heterocycles. The summed E-state index contributed by atoms with van der Waals surface area (Å²) in [5.41, 5.74) is 0. The predicted octanol–water partition coefficient (Wildman–Crippen LogP) is -24.7. The van der Waals surface area contributed by atoms with Crippen LogP contribution in [-0.2, 0) is 123 Å². The molecule has 12 saturated heterocycles. The fourth-order valence-corrected chi connectivity index (χ4v) is 18.3. The van der Waals surface area contributed by atoms with Crippen LogP contribution in [0.5, 0.6) is 0 Å². The van der Waals surface area contributed by atoms with Gasteiger partial charge >= 0.3 is 0 Å². The average Bonchev–Trinajstić information content (AvgIpc) is 0.767. The largest absolute Gasteiger partial charge is 0.394 e. The van der Waals surface area contributed by atoms with Gasteiger partial charge in [0.2, 0.25) is 17.7 Å². The molecular weight excluding hydrogens is 1920 g/mol. The number of ether oxygens (including phenoxy) is 23. The topological polar surface area (TPSA) is 967 Å². The van der Waals surface area contributed by atoms with Crippen molar-refractivity contribution in [2.45, 2.75) is 403 Å². The molecule has 62 heteroatoms. The lowest BCUT2D eigenvalue weighted by atomic mass is 9.94. The molecule has 1 unspecified atom stereocenters. The van der Waals surface area contributed by atoms with Crippen LogP contribution in [0.15, 0.2) is 0 Å². The highest BCUT2D eigenvalue weighted by Gasteiger charge is 2.63. The van der Waals surface area contributed by atoms with Crippen molar-refractivity contribution >= 4 is 17.7 Å². The number of nitrogens with one attached hydrogen (secondary N) is 3. The van der Waals surface area contributed by atoms with Gasteiger partial charge in [-0.05, 0) is 13.8 Å². The lowest BCUT2D eigenvalue weighted by molar-refractivity contribution is -0.401. The van der Waals surface area contributed by atoms with Gasteiger partial charge in [-0.15, -0.1) is 0 Å². The van der Waals surface area contributed by atoms with E-state index < -0.39 is 452 Å². The van der Waals surface area contributed by atoms with Crippen LogP contribution in [0.1, 0.15) is 34.6 Å². The summed E-state index contributed by atoms with van der Waals surface area (Å²) >= 11 is 0. The van der Waals surface area contributed by atoms with E-state index in [-0.39, 0.29) is 0 Å². The first kappa shape index (κ1) is 115. The zero-order valence-electron chi connectivity index (χ0n) is 75.1. The molecule has 0 aliphatic carbocycles. The predicted molar refractivity (Wildman–Crippen MR) is 427 cm³/mol. The van der Waals surface area contributed by atoms with Gasteiger partial charge in [0.25, 0.3) is 0 Å². The maximum absolute atomic E-state index is 13.2. The van der Waals surface area contributed by atoms with Gasteiger partial charge in [0, 0.05) is 20.8 Å². The van der Waals surface area contributed by atoms with E-state index in [0.717, 1.165) is 20.8 Å². The summed E-state index contributed by atoms with van der Waals surface area (Å²) in [7, 11) is 0. The van der Waals surface area contributed by atoms with Crippen LogP contribution in [0.2, 0.25) is 0 Å². The van der Waals surface area contributed by atoms with Crippen molar-refractivity contribution in [3.05, 3.63) is 0 Å². The second-order valence-electron chi connectivity index (χ2n) is 35.9. The summed E-state index contributed by atoms with van der Waals surface area (Å²) in [6.45, 7) is -5.82. The Morgan fingerprint density at radius 1 is 0.200 bits per heavy atom. The molecule has 0 aromatic carbocycles. The standard InChI is InChI=1S/C78H131N3O59/c1-16-34(93)45(104)51(110)70(120-16)139-65-47(106)37(96)22(7-83)126-77(65)137-62-39(98)24(9-85)124-74(55(62)114)133-59-27(12-88)129-72(53(112)49(59)108)132-58-26(11-87)128-69(32(44(58)103)80-19(4)91)119-15-30-42(101)64(57(116)76(131-30)135-61-33(81-20(5)92)67(117)122-29(41(61)100)14-118-68-31(79-18(3)90)43(102)36(95)21(6-82)123-68)136-73-54(113)50(109)60(28(13-89)130-73)134-75-56(115)63(40(99)25(10-86)125-75)138-78-66(48(107)38(97)23(8-84)127-78)140-71-52(111)46(105)35(94)17(2)121-71/h16-17,21-78,82-89,93-117H,6-15H2,1-5H3,(H,79,90)(H,80,91)(H,81,92)/t16-,17-,21+,22+,23+,24+,25+,26+,27+,28+,29+,30+,31+,32+,33+,34+,35+,36+,37-,38-,39-,40-,41-,42-,43+,44+,45+,46+,47-,48-,49+,50-,51-,52-,53+,54+,55+,56+,57+,58+,59-,60-,61+,62-,63-,64-,65+,66+,67?,68+,69+,70-,71-,72-,73-,74+,75+,76-,77+,78+/m0/s1. The highest BCUT2D eigenvalue weighted by molar-refractivity contribution is 5.74. The second kappa shape index (κ2) is 49.7. The molecule has 60 atom stereocenters. The number of amides is 3. The zero-order valence-corrected chi connectivity index (χ0v) is 75.1. The number of carbonyl (C=O) groups is 3. The van der Waals surface area contributed by atoms with Gasteiger partial charge in [-0.3, -0.25) is 14.4 Å². The molecule has 12 rings (SSSR count). The van der Waals surface area contributed by atoms with Crippen LogP contribution < -0.4 is 16.0 Å². The van der Waals surface area contributed by atoms with Crippen LogP contribution in [0.4, 0.5) is 0 Å². The number of aliphatic hydroxyl groups is 33. The Bertz CT molecular complexity index is 3820. The Kier molecular flexibility index (Phi) is 40.8. The molecule has 3 amide bonds. The molecule has 140 heavy (non-hydrogen) atoms. The van der Waals surface area contributed by atoms with E-state index in [0.29, 0.717) is 0 Å². The van der Waals surface area contributed by atoms with E-state index in [1.54, 1.807) is 0 Å². The Morgan fingerprint density at radius 3 is 0.793 bits per heavy atom. The van der Waals surface area contributed by atoms with Crippen molar-refractivity contribution in [2.24, 2.45) is 0 Å². The lowest BCUT2D eigenvalue weighted by Gasteiger charge is -2.50. The summed E-state index contributed by atoms with van der Waals surface area (Å²) in [6.07, 6.45) is -119. The van der Waals surface area contributed by atoms with Crippen LogP contribution in [0.25, 0.3) is 0 Å². The number of hydrogen-bond acceptors (Lipinski definition) is 59. The van der Waals surface area contributed by atoms with E-state index in [1.165, 1.54) is 13.8 Å². The molecule has 0 bridgehead atoms. The first-order valence-electron chi connectivity index (χ1n) is 44.9. The Morgan fingerprint density at radius 2 is 0.429 bits per heavy atom. The van der Waals surface area contributed by atoms with Gasteiger partial charge in [-0.1, -0.05) is 0 Å². The minimum atomic E-state index is -2.59. The van der Waals surface area contributed by atoms with E-state index in [1.807, 2.05) is 0 Å². The van der Waals surface area contributed by atoms with Crippen molar-refractivity contribution in [1.29, 1.82) is 0 Å². The maximum Gasteiger partial charge on any atom is 0.217 e. The van der Waals surface area contributed by atoms with Crippen LogP contribution >= 0.6 is 0 Å². The Balaban J connectivity index is 0.777. The molecule has 0 spiro atoms. The molecule has 62 nitrogen and oxygen atoms in total. The van der Waals surface area contributed by atoms with Gasteiger partial charge in [0.15, 0.2) is 75.5 Å². The van der Waals surface area contributed by atoms with Gasteiger partial charge in [-0.25, -0.2) is 0 Å². The monoisotopic (exact) mass is 2050 g/mol. The van der Waals surface area contributed by atoms with Gasteiger partial charge in [-0.2, -0.15) is 0 Å². The molecule has 12 aliphatic heterocycles. The summed E-state index contributed by atoms with van der Waals surface area (Å²) in [5.74, 6) is -2.77. The van der Waals surface area contributed by atoms with Crippen molar-refractivity contribution < 1.29 is 292 Å². The van der Waals surface area contributed by atoms with Gasteiger partial charge < -0.3 is 293 Å². The first-order valence-corrected chi connectivity index (χ1v) is 44.9. The molecule has 0 aromatic rings. The van der Waals surface area contributed by atoms with E-state index in [4.69, 9.17) is 109 Å². The lowest BCUT2D eigenvalue weighted by Crippen LogP contribution is -2.70. The van der Waals surface area contributed by atoms with Crippen LogP contribution in [0, 0.1) is 0 Å². The molecule has 36 N–H and O–H groups in total. The molecule has 12 aliphatic rings. The second-order valence-corrected chi connectivity index (χ2v) is 35.9. The fraction of sp³-hybridized carbons (Fsp3) is 0.962. The average molecular weight is 2050 g/mol. The zero-order chi connectivity index (χ0) is 103. The molecule has 812 valence electrons. The fourth-order valence-electron chi connectivity index (χ4n) is 18.3. The van der Waals surface area contributed by atoms with Gasteiger partial charge in [0.1, 0.15) is 281 Å². The minimum Gasteiger partial charge on any atom is -0.394 e. The number of rotatable bonds is 35. The number of aliphatic hydroxyl groups excluding tert-OH is 33. The van der Waals surface area contributed by atoms with E-state index >= 15 is 0 Å². The molecule has 0 radical (unpaired) electrons. The van der Waals surface area contributed by atoms with Crippen molar-refractivity contribution in [3.8, 4) is 0 Å². The molecular formula is C78H131N3O59. The smallest absolute Gasteiger partial charge is 0.217 e. The highest BCUT2D eigenvalue weighted by Crippen LogP contribution is 2.43. The van der Waals surface area contributed by atoms with Crippen molar-refractivity contribution in [1.82, 2.24) is 16.0 Å². The Labute approximate surface area is 792 Å². The third-order valence-corrected chi connectivity index (χ3v) is 26.2. The molecule has 0 saturated carbocycles. The third-order valence-electron chi connectivity index (χ3n) is 26.2. The number of hydrogen-bond donors (Lipinski definition) is 36. The summed E-state index contributed by atoms with van der Waals surface area (Å²) < 4.78 is 134. The summed E-state index contributed by atoms with van der Waals surface area (Å²) in [6, 6.07) is -5.57. The maximum atomic E-state index is 13.2. The quantitative estimate of drug-likeness (QED) is 0.0280. The van der Waals surface area contributed by atoms with Crippen molar-refractivity contribution in [2.75, 3.05) is 66.1 Å². The molecule has 12 heterocycles. The van der Waals surface area contributed by atoms with Gasteiger partial charge in [0.05, 0.1) is 78.3 Å². The van der Waals surface area contributed by atoms with Crippen LogP contribution in [0.3, 0.4) is 0 Å². The normalized spacial score (nSPS) is 51.6. The Hall–Kier alpha value is -3.83. The SMILES string of the molecule is CC(=O)N[C@H]1[C@H](OC[C@H]2O[C@@H](O[C@H]3[C@@H](O)[C@@H](CO[C@@H]4O[C@H](CO)[C@@H](O)[C@H](O)[C@H]4NC(C)=O)OC(O)[C@@H]3NC(C)=O)[C@H](O)[C@@H](O[C@@H]3O[C@H](CO)[C@H](O[C@H]4O[C@H](CO)[C@H](O)[C@H](O[C@H]5O[C@H](CO)[C@H](O)[C@H](O)[C@H]5O[C@@H]5O[C@@H](C)[C@@H](O)[C@@H](O)[C@@H]5O)[C@H]4O)[C@@H](O)[C@H]3O)[C@H]2O)O[C@H](CO)[C@@H](O[C@@H]2O[C@H](CO)[C@H](O[C@H]3O[C@H](CO)[C@H](O)[C@H](O[C@H]4O[C@H](CO)[C@H](O)[C@H](O)[C@H]4O[C@@H]4O[C@@H](C)[C@@H](O)[C@@H](O)[C@@H]4O)[C@H]3O)[C@H](O)[C@H]2O)[C@@H]1O. The van der Waals surface area contributed by atoms with E-state index in [2.05, 4.69) is 16.0 Å². The highest BCUT2D eigenvalue weighted by atomic mass is 16.8.